The minimum absolute atomic E-state index is 0.0314. The molecule has 2 aromatic rings. The van der Waals surface area contributed by atoms with E-state index >= 15 is 0 Å². The van der Waals surface area contributed by atoms with Crippen LogP contribution >= 0.6 is 0 Å². The molecule has 1 saturated carbocycles. The molecule has 2 N–H and O–H groups in total. The van der Waals surface area contributed by atoms with Crippen molar-refractivity contribution in [3.05, 3.63) is 47.8 Å². The number of aromatic nitrogens is 2. The van der Waals surface area contributed by atoms with Gasteiger partial charge in [0.25, 0.3) is 5.91 Å². The SMILES string of the molecule is Cc1ccc(C(=O)NC2CCCCC2n2cccn2)c(O)c1. The van der Waals surface area contributed by atoms with Gasteiger partial charge in [-0.25, -0.2) is 0 Å². The molecule has 116 valence electrons. The molecular weight excluding hydrogens is 278 g/mol. The molecular formula is C17H21N3O2. The van der Waals surface area contributed by atoms with Gasteiger partial charge in [-0.1, -0.05) is 18.9 Å². The van der Waals surface area contributed by atoms with E-state index in [2.05, 4.69) is 10.4 Å². The summed E-state index contributed by atoms with van der Waals surface area (Å²) in [5.41, 5.74) is 1.26. The van der Waals surface area contributed by atoms with E-state index in [1.54, 1.807) is 18.3 Å². The highest BCUT2D eigenvalue weighted by molar-refractivity contribution is 5.97. The number of phenols is 1. The van der Waals surface area contributed by atoms with Crippen LogP contribution in [0.4, 0.5) is 0 Å². The van der Waals surface area contributed by atoms with E-state index < -0.39 is 0 Å². The zero-order valence-electron chi connectivity index (χ0n) is 12.7. The van der Waals surface area contributed by atoms with Crippen molar-refractivity contribution in [2.75, 3.05) is 0 Å². The van der Waals surface area contributed by atoms with Crippen LogP contribution < -0.4 is 5.32 Å². The van der Waals surface area contributed by atoms with E-state index in [4.69, 9.17) is 0 Å². The number of nitrogens with one attached hydrogen (secondary N) is 1. The van der Waals surface area contributed by atoms with E-state index in [0.717, 1.165) is 31.2 Å². The number of hydrogen-bond donors (Lipinski definition) is 2. The first-order valence-corrected chi connectivity index (χ1v) is 7.75. The summed E-state index contributed by atoms with van der Waals surface area (Å²) in [7, 11) is 0. The molecule has 1 amide bonds. The van der Waals surface area contributed by atoms with Gasteiger partial charge in [-0.15, -0.1) is 0 Å². The smallest absolute Gasteiger partial charge is 0.255 e. The van der Waals surface area contributed by atoms with E-state index in [1.807, 2.05) is 29.9 Å². The molecule has 5 nitrogen and oxygen atoms in total. The molecule has 5 heteroatoms. The molecule has 1 aliphatic rings. The second-order valence-electron chi connectivity index (χ2n) is 5.94. The Kier molecular flexibility index (Phi) is 4.13. The van der Waals surface area contributed by atoms with Crippen LogP contribution in [0.25, 0.3) is 0 Å². The van der Waals surface area contributed by atoms with Crippen molar-refractivity contribution in [3.63, 3.8) is 0 Å². The number of aromatic hydroxyl groups is 1. The number of aryl methyl sites for hydroxylation is 1. The molecule has 2 atom stereocenters. The normalized spacial score (nSPS) is 21.5. The van der Waals surface area contributed by atoms with Gasteiger partial charge < -0.3 is 10.4 Å². The molecule has 1 heterocycles. The molecule has 0 bridgehead atoms. The van der Waals surface area contributed by atoms with Crippen molar-refractivity contribution in [1.82, 2.24) is 15.1 Å². The Morgan fingerprint density at radius 1 is 1.36 bits per heavy atom. The first kappa shape index (κ1) is 14.6. The zero-order chi connectivity index (χ0) is 15.5. The minimum atomic E-state index is -0.221. The van der Waals surface area contributed by atoms with Crippen molar-refractivity contribution in [2.45, 2.75) is 44.7 Å². The Balaban J connectivity index is 1.76. The molecule has 0 saturated heterocycles. The third-order valence-electron chi connectivity index (χ3n) is 4.31. The molecule has 0 aliphatic heterocycles. The van der Waals surface area contributed by atoms with E-state index in [-0.39, 0.29) is 23.7 Å². The Morgan fingerprint density at radius 2 is 2.18 bits per heavy atom. The monoisotopic (exact) mass is 299 g/mol. The zero-order valence-corrected chi connectivity index (χ0v) is 12.7. The third kappa shape index (κ3) is 2.98. The van der Waals surface area contributed by atoms with Gasteiger partial charge in [-0.3, -0.25) is 9.48 Å². The molecule has 22 heavy (non-hydrogen) atoms. The molecule has 1 aromatic carbocycles. The summed E-state index contributed by atoms with van der Waals surface area (Å²) in [6.07, 6.45) is 7.89. The number of carbonyl (C=O) groups excluding carboxylic acids is 1. The fourth-order valence-electron chi connectivity index (χ4n) is 3.15. The van der Waals surface area contributed by atoms with Gasteiger partial charge in [-0.05, 0) is 43.5 Å². The Labute approximate surface area is 130 Å². The lowest BCUT2D eigenvalue weighted by molar-refractivity contribution is 0.0902. The standard InChI is InChI=1S/C17H21N3O2/c1-12-7-8-13(16(21)11-12)17(22)19-14-5-2-3-6-15(14)20-10-4-9-18-20/h4,7-11,14-15,21H,2-3,5-6H2,1H3,(H,19,22). The van der Waals surface area contributed by atoms with Gasteiger partial charge in [0.05, 0.1) is 17.6 Å². The van der Waals surface area contributed by atoms with Crippen molar-refractivity contribution in [3.8, 4) is 5.75 Å². The summed E-state index contributed by atoms with van der Waals surface area (Å²) in [5, 5.41) is 17.4. The lowest BCUT2D eigenvalue weighted by Gasteiger charge is -2.32. The summed E-state index contributed by atoms with van der Waals surface area (Å²) in [6, 6.07) is 7.24. The van der Waals surface area contributed by atoms with Gasteiger partial charge in [0.1, 0.15) is 5.75 Å². The van der Waals surface area contributed by atoms with E-state index in [9.17, 15) is 9.90 Å². The average molecular weight is 299 g/mol. The maximum absolute atomic E-state index is 12.5. The van der Waals surface area contributed by atoms with Gasteiger partial charge in [0.2, 0.25) is 0 Å². The molecule has 0 radical (unpaired) electrons. The molecule has 2 unspecified atom stereocenters. The maximum Gasteiger partial charge on any atom is 0.255 e. The van der Waals surface area contributed by atoms with Crippen LogP contribution in [0.15, 0.2) is 36.7 Å². The second kappa shape index (κ2) is 6.22. The second-order valence-corrected chi connectivity index (χ2v) is 5.94. The van der Waals surface area contributed by atoms with Gasteiger partial charge in [0, 0.05) is 12.4 Å². The van der Waals surface area contributed by atoms with Gasteiger partial charge >= 0.3 is 0 Å². The van der Waals surface area contributed by atoms with E-state index in [0.29, 0.717) is 5.56 Å². The highest BCUT2D eigenvalue weighted by atomic mass is 16.3. The summed E-state index contributed by atoms with van der Waals surface area (Å²) >= 11 is 0. The van der Waals surface area contributed by atoms with Crippen LogP contribution in [-0.2, 0) is 0 Å². The first-order valence-electron chi connectivity index (χ1n) is 7.75. The number of rotatable bonds is 3. The van der Waals surface area contributed by atoms with Crippen LogP contribution in [0.3, 0.4) is 0 Å². The average Bonchev–Trinajstić information content (AvgIpc) is 3.01. The van der Waals surface area contributed by atoms with Crippen molar-refractivity contribution in [2.24, 2.45) is 0 Å². The van der Waals surface area contributed by atoms with Crippen LogP contribution in [0.2, 0.25) is 0 Å². The highest BCUT2D eigenvalue weighted by Crippen LogP contribution is 2.29. The number of amides is 1. The quantitative estimate of drug-likeness (QED) is 0.916. The topological polar surface area (TPSA) is 67.2 Å². The highest BCUT2D eigenvalue weighted by Gasteiger charge is 2.28. The van der Waals surface area contributed by atoms with Crippen molar-refractivity contribution in [1.29, 1.82) is 0 Å². The maximum atomic E-state index is 12.5. The molecule has 3 rings (SSSR count). The fourth-order valence-corrected chi connectivity index (χ4v) is 3.15. The predicted octanol–water partition coefficient (Wildman–Crippen LogP) is 2.81. The van der Waals surface area contributed by atoms with E-state index in [1.165, 1.54) is 0 Å². The minimum Gasteiger partial charge on any atom is -0.507 e. The Bertz CT molecular complexity index is 652. The summed E-state index contributed by atoms with van der Waals surface area (Å²) in [4.78, 5) is 12.5. The molecule has 1 aromatic heterocycles. The number of nitrogens with zero attached hydrogens (tertiary/aromatic N) is 2. The van der Waals surface area contributed by atoms with Gasteiger partial charge in [0.15, 0.2) is 0 Å². The van der Waals surface area contributed by atoms with Gasteiger partial charge in [-0.2, -0.15) is 5.10 Å². The molecule has 0 spiro atoms. The Morgan fingerprint density at radius 3 is 2.91 bits per heavy atom. The predicted molar refractivity (Wildman–Crippen MR) is 83.8 cm³/mol. The number of benzene rings is 1. The number of carbonyl (C=O) groups is 1. The molecule has 1 fully saturated rings. The summed E-state index contributed by atoms with van der Waals surface area (Å²) in [6.45, 7) is 1.89. The van der Waals surface area contributed by atoms with Crippen molar-refractivity contribution >= 4 is 5.91 Å². The van der Waals surface area contributed by atoms with Crippen LogP contribution in [0, 0.1) is 6.92 Å². The van der Waals surface area contributed by atoms with Crippen LogP contribution in [-0.4, -0.2) is 26.8 Å². The first-order chi connectivity index (χ1) is 10.6. The summed E-state index contributed by atoms with van der Waals surface area (Å²) in [5.74, 6) is -0.189. The third-order valence-corrected chi connectivity index (χ3v) is 4.31. The summed E-state index contributed by atoms with van der Waals surface area (Å²) < 4.78 is 1.93. The fraction of sp³-hybridized carbons (Fsp3) is 0.412. The van der Waals surface area contributed by atoms with Crippen LogP contribution in [0.1, 0.15) is 47.6 Å². The molecule has 1 aliphatic carbocycles. The number of hydrogen-bond acceptors (Lipinski definition) is 3. The lowest BCUT2D eigenvalue weighted by Crippen LogP contribution is -2.43. The largest absolute Gasteiger partial charge is 0.507 e. The Hall–Kier alpha value is -2.30. The lowest BCUT2D eigenvalue weighted by atomic mass is 9.90. The van der Waals surface area contributed by atoms with Crippen molar-refractivity contribution < 1.29 is 9.90 Å². The van der Waals surface area contributed by atoms with Crippen LogP contribution in [0.5, 0.6) is 5.75 Å². The number of phenolic OH excluding ortho intramolecular Hbond substituents is 1.